The van der Waals surface area contributed by atoms with Crippen LogP contribution in [-0.4, -0.2) is 11.9 Å². The first-order valence-electron chi connectivity index (χ1n) is 22.3. The van der Waals surface area contributed by atoms with Gasteiger partial charge < -0.3 is 0 Å². The zero-order chi connectivity index (χ0) is 59.6. The molecule has 1 aromatic heterocycles. The van der Waals surface area contributed by atoms with E-state index in [0.29, 0.717) is 6.54 Å². The van der Waals surface area contributed by atoms with Crippen LogP contribution in [0.2, 0.25) is 0 Å². The van der Waals surface area contributed by atoms with Crippen LogP contribution < -0.4 is 26.4 Å². The van der Waals surface area contributed by atoms with Crippen molar-refractivity contribution in [2.24, 2.45) is 0 Å². The van der Waals surface area contributed by atoms with E-state index in [-0.39, 0.29) is 5.78 Å². The summed E-state index contributed by atoms with van der Waals surface area (Å²) < 4.78 is 343. The first-order chi connectivity index (χ1) is 36.6. The molecule has 0 amide bonds. The van der Waals surface area contributed by atoms with E-state index in [2.05, 4.69) is 12.1 Å². The van der Waals surface area contributed by atoms with E-state index >= 15 is 0 Å². The second kappa shape index (κ2) is 20.7. The molecule has 27 heteroatoms. The number of fused-ring (bicyclic) bond motifs is 2. The summed E-state index contributed by atoms with van der Waals surface area (Å²) in [6.45, 7) is 0.346. The van der Waals surface area contributed by atoms with Gasteiger partial charge in [-0.05, 0) is 46.5 Å². The van der Waals surface area contributed by atoms with Crippen molar-refractivity contribution in [2.45, 2.75) is 56.0 Å². The Morgan fingerprint density at radius 2 is 0.600 bits per heavy atom. The number of Topliss-reactive ketones (excluding diaryl/α,β-unsaturated/α-hetero) is 1. The lowest BCUT2D eigenvalue weighted by Crippen LogP contribution is -2.75. The number of nitrogens with zero attached hydrogens (tertiary/aromatic N) is 1. The Kier molecular flexibility index (Phi) is 15.5. The van der Waals surface area contributed by atoms with Gasteiger partial charge in [-0.1, -0.05) is 109 Å². The molecule has 0 spiro atoms. The molecule has 0 aliphatic carbocycles. The van der Waals surface area contributed by atoms with Crippen LogP contribution >= 0.6 is 0 Å². The van der Waals surface area contributed by atoms with E-state index in [1.165, 1.54) is 5.39 Å². The highest BCUT2D eigenvalue weighted by atomic mass is 19.4. The molecule has 0 saturated heterocycles. The minimum absolute atomic E-state index is 0.127. The standard InChI is InChI=1S/C32H12BF24.C21H16NO/c34-25(35,36)13-1-14(26(37,38)39)6-21(5-13)33(22-7-15(27(40,41)42)2-16(8-22)28(43,44)45,23-9-17(29(46,47)48)3-18(10-23)30(49,50)51)24-11-19(31(52,53)54)4-20(12-24)32(55,56)57;23-21(20-11-5-9-17-7-3-4-10-19(17)20)15-22-13-12-16-6-1-2-8-18(16)14-22/h1-12H;1-14H,15H2/q-1;+1. The van der Waals surface area contributed by atoms with Gasteiger partial charge in [0.1, 0.15) is 6.15 Å². The number of rotatable bonds is 7. The van der Waals surface area contributed by atoms with Gasteiger partial charge in [-0.3, -0.25) is 4.79 Å². The fourth-order valence-electron chi connectivity index (χ4n) is 9.07. The summed E-state index contributed by atoms with van der Waals surface area (Å²) in [6, 6.07) is 15.3. The third-order valence-corrected chi connectivity index (χ3v) is 12.6. The Morgan fingerprint density at radius 1 is 0.325 bits per heavy atom. The Bertz CT molecular complexity index is 3180. The smallest absolute Gasteiger partial charge is 0.287 e. The highest BCUT2D eigenvalue weighted by Gasteiger charge is 2.47. The molecule has 0 unspecified atom stereocenters. The third-order valence-electron chi connectivity index (χ3n) is 12.6. The van der Waals surface area contributed by atoms with E-state index in [1.54, 1.807) is 0 Å². The molecule has 2 nitrogen and oxygen atoms in total. The lowest BCUT2D eigenvalue weighted by atomic mass is 9.12. The third kappa shape index (κ3) is 13.0. The molecule has 0 aliphatic heterocycles. The first-order valence-corrected chi connectivity index (χ1v) is 22.3. The number of hydrogen-bond donors (Lipinski definition) is 0. The Labute approximate surface area is 433 Å². The van der Waals surface area contributed by atoms with Gasteiger partial charge in [-0.15, -0.1) is 0 Å². The average molecular weight is 1160 g/mol. The lowest BCUT2D eigenvalue weighted by molar-refractivity contribution is -0.681. The number of halogens is 24. The summed E-state index contributed by atoms with van der Waals surface area (Å²) >= 11 is 0. The lowest BCUT2D eigenvalue weighted by Gasteiger charge is -2.46. The number of benzene rings is 7. The van der Waals surface area contributed by atoms with Crippen LogP contribution in [0.25, 0.3) is 21.5 Å². The summed E-state index contributed by atoms with van der Waals surface area (Å²) in [5.41, 5.74) is -29.4. The van der Waals surface area contributed by atoms with E-state index < -0.39 is 195 Å². The molecule has 8 aromatic rings. The zero-order valence-electron chi connectivity index (χ0n) is 39.2. The molecule has 0 saturated carbocycles. The molecule has 422 valence electrons. The fraction of sp³-hybridized carbons (Fsp3) is 0.170. The van der Waals surface area contributed by atoms with E-state index in [1.807, 2.05) is 77.6 Å². The number of alkyl halides is 24. The first kappa shape index (κ1) is 59.9. The summed E-state index contributed by atoms with van der Waals surface area (Å²) in [5, 5.41) is 4.44. The molecule has 0 fully saturated rings. The fourth-order valence-corrected chi connectivity index (χ4v) is 9.07. The summed E-state index contributed by atoms with van der Waals surface area (Å²) in [7, 11) is 0. The highest BCUT2D eigenvalue weighted by molar-refractivity contribution is 7.20. The molecule has 0 N–H and O–H groups in total. The molecule has 0 radical (unpaired) electrons. The predicted octanol–water partition coefficient (Wildman–Crippen LogP) is 15.4. The van der Waals surface area contributed by atoms with Gasteiger partial charge in [0, 0.05) is 17.0 Å². The topological polar surface area (TPSA) is 20.9 Å². The van der Waals surface area contributed by atoms with Gasteiger partial charge in [0.25, 0.3) is 0 Å². The maximum absolute atomic E-state index is 14.2. The predicted molar refractivity (Wildman–Crippen MR) is 242 cm³/mol. The maximum Gasteiger partial charge on any atom is 0.416 e. The van der Waals surface area contributed by atoms with Gasteiger partial charge in [0.2, 0.25) is 12.3 Å². The van der Waals surface area contributed by atoms with Crippen LogP contribution in [0, 0.1) is 0 Å². The van der Waals surface area contributed by atoms with E-state index in [4.69, 9.17) is 0 Å². The van der Waals surface area contributed by atoms with Crippen LogP contribution in [0.15, 0.2) is 158 Å². The van der Waals surface area contributed by atoms with Gasteiger partial charge in [-0.2, -0.15) is 132 Å². The quantitative estimate of drug-likeness (QED) is 0.0674. The van der Waals surface area contributed by atoms with Gasteiger partial charge >= 0.3 is 49.4 Å². The van der Waals surface area contributed by atoms with Gasteiger partial charge in [0.05, 0.1) is 44.5 Å². The van der Waals surface area contributed by atoms with Crippen LogP contribution in [0.5, 0.6) is 0 Å². The number of hydrogen-bond acceptors (Lipinski definition) is 1. The summed E-state index contributed by atoms with van der Waals surface area (Å²) in [5.74, 6) is 0.127. The van der Waals surface area contributed by atoms with Gasteiger partial charge in [-0.25, -0.2) is 0 Å². The van der Waals surface area contributed by atoms with Crippen molar-refractivity contribution in [2.75, 3.05) is 0 Å². The van der Waals surface area contributed by atoms with Crippen LogP contribution in [0.1, 0.15) is 54.9 Å². The van der Waals surface area contributed by atoms with E-state index in [0.717, 1.165) is 21.7 Å². The molecule has 80 heavy (non-hydrogen) atoms. The summed E-state index contributed by atoms with van der Waals surface area (Å²) in [4.78, 5) is 12.7. The van der Waals surface area contributed by atoms with Crippen molar-refractivity contribution in [1.82, 2.24) is 0 Å². The number of pyridine rings is 1. The number of carbonyl (C=O) groups is 1. The number of aromatic nitrogens is 1. The SMILES string of the molecule is FC(F)(F)c1cc([B-](c2cc(C(F)(F)F)cc(C(F)(F)F)c2)(c2cc(C(F)(F)F)cc(C(F)(F)F)c2)c2cc(C(F)(F)F)cc(C(F)(F)F)c2)cc(C(F)(F)F)c1.O=C(C[n+]1ccc2ccccc2c1)c1cccc2ccccc12. The van der Waals surface area contributed by atoms with Gasteiger partial charge in [0.15, 0.2) is 12.4 Å². The molecule has 0 atom stereocenters. The molecule has 1 heterocycles. The monoisotopic (exact) mass is 1160 g/mol. The largest absolute Gasteiger partial charge is 0.416 e. The molecule has 7 aromatic carbocycles. The molecule has 8 rings (SSSR count). The second-order valence-corrected chi connectivity index (χ2v) is 17.9. The minimum Gasteiger partial charge on any atom is -0.287 e. The van der Waals surface area contributed by atoms with Crippen LogP contribution in [0.3, 0.4) is 0 Å². The van der Waals surface area contributed by atoms with Crippen LogP contribution in [0.4, 0.5) is 105 Å². The van der Waals surface area contributed by atoms with Crippen molar-refractivity contribution >= 4 is 55.3 Å². The van der Waals surface area contributed by atoms with Crippen molar-refractivity contribution in [3.05, 3.63) is 208 Å². The highest BCUT2D eigenvalue weighted by Crippen LogP contribution is 2.41. The Hall–Kier alpha value is -7.74. The van der Waals surface area contributed by atoms with Crippen molar-refractivity contribution < 1.29 is 115 Å². The zero-order valence-corrected chi connectivity index (χ0v) is 39.2. The van der Waals surface area contributed by atoms with E-state index in [9.17, 15) is 110 Å². The minimum atomic E-state index is -6.13. The van der Waals surface area contributed by atoms with Crippen molar-refractivity contribution in [3.8, 4) is 0 Å². The Balaban J connectivity index is 0.000000329. The average Bonchev–Trinajstić information content (AvgIpc) is 2.97. The second-order valence-electron chi connectivity index (χ2n) is 17.9. The van der Waals surface area contributed by atoms with Crippen molar-refractivity contribution in [1.29, 1.82) is 0 Å². The molecular weight excluding hydrogens is 1130 g/mol. The van der Waals surface area contributed by atoms with Crippen LogP contribution in [-0.2, 0) is 56.0 Å². The normalized spacial score (nSPS) is 13.3. The summed E-state index contributed by atoms with van der Waals surface area (Å²) in [6.07, 6.45) is -50.8. The number of ketones is 1. The van der Waals surface area contributed by atoms with Crippen molar-refractivity contribution in [3.63, 3.8) is 0 Å². The Morgan fingerprint density at radius 3 is 0.912 bits per heavy atom. The molecule has 0 bridgehead atoms. The number of carbonyl (C=O) groups excluding carboxylic acids is 1. The molecule has 0 aliphatic rings. The molecular formula is C53H28BF24NO. The maximum atomic E-state index is 14.2.